The van der Waals surface area contributed by atoms with Crippen molar-refractivity contribution >= 4 is 11.6 Å². The Morgan fingerprint density at radius 3 is 2.67 bits per heavy atom. The Morgan fingerprint density at radius 2 is 2.13 bits per heavy atom. The van der Waals surface area contributed by atoms with Crippen LogP contribution in [0.2, 0.25) is 0 Å². The van der Waals surface area contributed by atoms with E-state index in [0.29, 0.717) is 5.82 Å². The third-order valence-electron chi connectivity index (χ3n) is 1.36. The van der Waals surface area contributed by atoms with Gasteiger partial charge >= 0.3 is 6.18 Å². The molecule has 15 heavy (non-hydrogen) atoms. The minimum atomic E-state index is -4.31. The lowest BCUT2D eigenvalue weighted by Gasteiger charge is -2.05. The van der Waals surface area contributed by atoms with E-state index in [1.165, 1.54) is 0 Å². The molecule has 1 rings (SSSR count). The smallest absolute Gasteiger partial charge is 0.372 e. The van der Waals surface area contributed by atoms with Gasteiger partial charge in [-0.05, 0) is 0 Å². The Bertz CT molecular complexity index is 303. The third-order valence-corrected chi connectivity index (χ3v) is 1.59. The number of aromatic nitrogens is 2. The lowest BCUT2D eigenvalue weighted by atomic mass is 10.4. The first-order chi connectivity index (χ1) is 7.01. The molecule has 0 atom stereocenters. The molecule has 0 spiro atoms. The van der Waals surface area contributed by atoms with Crippen molar-refractivity contribution in [1.29, 1.82) is 0 Å². The predicted molar refractivity (Wildman–Crippen MR) is 44.4 cm³/mol. The monoisotopic (exact) mass is 244 g/mol. The summed E-state index contributed by atoms with van der Waals surface area (Å²) in [4.78, 5) is 3.79. The van der Waals surface area contributed by atoms with E-state index in [0.717, 1.165) is 0 Å². The molecule has 0 N–H and O–H groups in total. The molecule has 86 valence electrons. The highest BCUT2D eigenvalue weighted by molar-refractivity contribution is 6.16. The lowest BCUT2D eigenvalue weighted by molar-refractivity contribution is -0.173. The lowest BCUT2D eigenvalue weighted by Crippen LogP contribution is -2.18. The van der Waals surface area contributed by atoms with Gasteiger partial charge in [-0.3, -0.25) is 0 Å². The van der Waals surface area contributed by atoms with Gasteiger partial charge in [0.1, 0.15) is 6.61 Å². The molecule has 0 saturated carbocycles. The van der Waals surface area contributed by atoms with Crippen molar-refractivity contribution in [3.8, 4) is 0 Å². The summed E-state index contributed by atoms with van der Waals surface area (Å²) in [5.74, 6) is 0.628. The zero-order valence-electron chi connectivity index (χ0n) is 7.55. The van der Waals surface area contributed by atoms with E-state index < -0.39 is 12.8 Å². The van der Waals surface area contributed by atoms with Gasteiger partial charge in [0.15, 0.2) is 5.82 Å². The van der Waals surface area contributed by atoms with Crippen molar-refractivity contribution in [3.63, 3.8) is 0 Å². The molecule has 4 nitrogen and oxygen atoms in total. The zero-order chi connectivity index (χ0) is 11.3. The van der Waals surface area contributed by atoms with E-state index in [4.69, 9.17) is 11.6 Å². The van der Waals surface area contributed by atoms with Crippen LogP contribution in [0.15, 0.2) is 4.52 Å². The van der Waals surface area contributed by atoms with Crippen LogP contribution in [-0.2, 0) is 17.0 Å². The van der Waals surface area contributed by atoms with Crippen molar-refractivity contribution in [2.45, 2.75) is 18.5 Å². The molecule has 0 aliphatic heterocycles. The quantitative estimate of drug-likeness (QED) is 0.587. The topological polar surface area (TPSA) is 48.2 Å². The number of hydrogen-bond acceptors (Lipinski definition) is 4. The van der Waals surface area contributed by atoms with Crippen LogP contribution in [0.4, 0.5) is 13.2 Å². The maximum absolute atomic E-state index is 11.6. The number of alkyl halides is 4. The Kier molecular flexibility index (Phi) is 4.34. The third kappa shape index (κ3) is 4.98. The summed E-state index contributed by atoms with van der Waals surface area (Å²) in [5.41, 5.74) is 0. The molecular formula is C7H8ClF3N2O2. The normalized spacial score (nSPS) is 12.0. The molecule has 0 amide bonds. The maximum atomic E-state index is 11.6. The highest BCUT2D eigenvalue weighted by atomic mass is 35.5. The van der Waals surface area contributed by atoms with Crippen LogP contribution < -0.4 is 0 Å². The van der Waals surface area contributed by atoms with Gasteiger partial charge in [-0.2, -0.15) is 18.2 Å². The summed E-state index contributed by atoms with van der Waals surface area (Å²) in [6.07, 6.45) is -4.17. The van der Waals surface area contributed by atoms with Gasteiger partial charge in [-0.15, -0.1) is 11.6 Å². The maximum Gasteiger partial charge on any atom is 0.411 e. The first-order valence-corrected chi connectivity index (χ1v) is 4.56. The van der Waals surface area contributed by atoms with E-state index in [1.807, 2.05) is 0 Å². The number of halogens is 4. The number of nitrogens with zero attached hydrogens (tertiary/aromatic N) is 2. The van der Waals surface area contributed by atoms with Crippen molar-refractivity contribution in [2.75, 3.05) is 13.2 Å². The van der Waals surface area contributed by atoms with E-state index in [1.54, 1.807) is 0 Å². The van der Waals surface area contributed by atoms with Crippen molar-refractivity contribution < 1.29 is 22.4 Å². The van der Waals surface area contributed by atoms with Crippen LogP contribution in [0.25, 0.3) is 0 Å². The molecular weight excluding hydrogens is 237 g/mol. The molecule has 0 bridgehead atoms. The van der Waals surface area contributed by atoms with E-state index in [9.17, 15) is 13.2 Å². The molecule has 0 unspecified atom stereocenters. The molecule has 0 aliphatic carbocycles. The average Bonchev–Trinajstić information content (AvgIpc) is 2.59. The van der Waals surface area contributed by atoms with Gasteiger partial charge in [0.2, 0.25) is 5.89 Å². The molecule has 0 fully saturated rings. The summed E-state index contributed by atoms with van der Waals surface area (Å²) < 4.78 is 44.0. The SMILES string of the molecule is FC(F)(F)COCCc1nc(CCl)no1. The summed E-state index contributed by atoms with van der Waals surface area (Å²) in [6.45, 7) is -1.40. The van der Waals surface area contributed by atoms with Crippen molar-refractivity contribution in [2.24, 2.45) is 0 Å². The molecule has 0 aliphatic rings. The molecule has 0 saturated heterocycles. The fourth-order valence-corrected chi connectivity index (χ4v) is 0.902. The van der Waals surface area contributed by atoms with Gasteiger partial charge in [-0.1, -0.05) is 5.16 Å². The second kappa shape index (κ2) is 5.32. The Hall–Kier alpha value is -0.820. The van der Waals surface area contributed by atoms with E-state index in [-0.39, 0.29) is 24.8 Å². The summed E-state index contributed by atoms with van der Waals surface area (Å²) in [5, 5.41) is 3.47. The average molecular weight is 245 g/mol. The van der Waals surface area contributed by atoms with Gasteiger partial charge in [-0.25, -0.2) is 0 Å². The fraction of sp³-hybridized carbons (Fsp3) is 0.714. The summed E-state index contributed by atoms with van der Waals surface area (Å²) in [7, 11) is 0. The molecule has 1 aromatic rings. The van der Waals surface area contributed by atoms with E-state index in [2.05, 4.69) is 19.4 Å². The second-order valence-electron chi connectivity index (χ2n) is 2.66. The molecule has 1 aromatic heterocycles. The molecule has 1 heterocycles. The standard InChI is InChI=1S/C7H8ClF3N2O2/c8-3-5-12-6(15-13-5)1-2-14-4-7(9,10)11/h1-4H2. The van der Waals surface area contributed by atoms with E-state index >= 15 is 0 Å². The Morgan fingerprint density at radius 1 is 1.40 bits per heavy atom. The van der Waals surface area contributed by atoms with Crippen LogP contribution in [-0.4, -0.2) is 29.5 Å². The minimum absolute atomic E-state index is 0.104. The number of rotatable bonds is 5. The van der Waals surface area contributed by atoms with Crippen LogP contribution in [0.1, 0.15) is 11.7 Å². The molecule has 0 aromatic carbocycles. The van der Waals surface area contributed by atoms with Gasteiger partial charge in [0.25, 0.3) is 0 Å². The van der Waals surface area contributed by atoms with Crippen LogP contribution in [0, 0.1) is 0 Å². The minimum Gasteiger partial charge on any atom is -0.372 e. The molecule has 8 heteroatoms. The van der Waals surface area contributed by atoms with Gasteiger partial charge in [0, 0.05) is 0 Å². The van der Waals surface area contributed by atoms with Crippen molar-refractivity contribution in [1.82, 2.24) is 10.1 Å². The molecule has 0 radical (unpaired) electrons. The predicted octanol–water partition coefficient (Wildman–Crippen LogP) is 1.93. The van der Waals surface area contributed by atoms with Gasteiger partial charge < -0.3 is 9.26 Å². The Labute approximate surface area is 88.4 Å². The summed E-state index contributed by atoms with van der Waals surface area (Å²) in [6, 6.07) is 0. The highest BCUT2D eigenvalue weighted by Gasteiger charge is 2.27. The van der Waals surface area contributed by atoms with Crippen LogP contribution >= 0.6 is 11.6 Å². The fourth-order valence-electron chi connectivity index (χ4n) is 0.793. The first-order valence-electron chi connectivity index (χ1n) is 4.03. The van der Waals surface area contributed by atoms with Crippen LogP contribution in [0.5, 0.6) is 0 Å². The van der Waals surface area contributed by atoms with Crippen LogP contribution in [0.3, 0.4) is 0 Å². The summed E-state index contributed by atoms with van der Waals surface area (Å²) >= 11 is 5.40. The largest absolute Gasteiger partial charge is 0.411 e. The highest BCUT2D eigenvalue weighted by Crippen LogP contribution is 2.14. The second-order valence-corrected chi connectivity index (χ2v) is 2.92. The van der Waals surface area contributed by atoms with Crippen molar-refractivity contribution in [3.05, 3.63) is 11.7 Å². The number of ether oxygens (including phenoxy) is 1. The Balaban J connectivity index is 2.20. The first kappa shape index (κ1) is 12.3. The zero-order valence-corrected chi connectivity index (χ0v) is 8.31. The number of hydrogen-bond donors (Lipinski definition) is 0. The van der Waals surface area contributed by atoms with Gasteiger partial charge in [0.05, 0.1) is 18.9 Å².